The van der Waals surface area contributed by atoms with Crippen LogP contribution in [0.3, 0.4) is 0 Å². The molecule has 0 saturated carbocycles. The summed E-state index contributed by atoms with van der Waals surface area (Å²) in [6, 6.07) is 13.3. The molecule has 8 heteroatoms. The van der Waals surface area contributed by atoms with Gasteiger partial charge in [-0.25, -0.2) is 4.39 Å². The molecule has 2 aromatic heterocycles. The first-order valence-corrected chi connectivity index (χ1v) is 10.1. The lowest BCUT2D eigenvalue weighted by Crippen LogP contribution is -2.29. The average molecular weight is 431 g/mol. The predicted octanol–water partition coefficient (Wildman–Crippen LogP) is 3.68. The zero-order valence-corrected chi connectivity index (χ0v) is 17.8. The van der Waals surface area contributed by atoms with Crippen LogP contribution in [0.2, 0.25) is 0 Å². The Morgan fingerprint density at radius 2 is 1.94 bits per heavy atom. The van der Waals surface area contributed by atoms with Crippen LogP contribution in [-0.2, 0) is 17.8 Å². The van der Waals surface area contributed by atoms with Gasteiger partial charge in [-0.2, -0.15) is 9.50 Å². The third kappa shape index (κ3) is 4.07. The SMILES string of the molecule is C=CCn1c(C)c(CC(=O)Nc2cccc(F)c2)c(=O)n2nc(-c3ccc(C)cc3)nc12. The number of amides is 1. The van der Waals surface area contributed by atoms with Crippen LogP contribution in [0.15, 0.2) is 66.0 Å². The number of anilines is 1. The molecule has 0 saturated heterocycles. The summed E-state index contributed by atoms with van der Waals surface area (Å²) in [4.78, 5) is 30.4. The van der Waals surface area contributed by atoms with E-state index in [4.69, 9.17) is 0 Å². The van der Waals surface area contributed by atoms with Gasteiger partial charge < -0.3 is 9.88 Å². The predicted molar refractivity (Wildman–Crippen MR) is 121 cm³/mol. The monoisotopic (exact) mass is 431 g/mol. The molecule has 0 radical (unpaired) electrons. The number of benzene rings is 2. The second-order valence-corrected chi connectivity index (χ2v) is 7.52. The number of carbonyl (C=O) groups excluding carboxylic acids is 1. The van der Waals surface area contributed by atoms with Crippen LogP contribution in [0.1, 0.15) is 16.8 Å². The van der Waals surface area contributed by atoms with Crippen LogP contribution in [-0.4, -0.2) is 25.1 Å². The lowest BCUT2D eigenvalue weighted by atomic mass is 10.1. The first-order valence-electron chi connectivity index (χ1n) is 10.1. The summed E-state index contributed by atoms with van der Waals surface area (Å²) in [6.07, 6.45) is 1.50. The quantitative estimate of drug-likeness (QED) is 0.472. The fourth-order valence-electron chi connectivity index (χ4n) is 3.52. The van der Waals surface area contributed by atoms with Gasteiger partial charge in [0.25, 0.3) is 5.56 Å². The number of nitrogens with one attached hydrogen (secondary N) is 1. The fraction of sp³-hybridized carbons (Fsp3) is 0.167. The topological polar surface area (TPSA) is 81.3 Å². The fourth-order valence-corrected chi connectivity index (χ4v) is 3.52. The summed E-state index contributed by atoms with van der Waals surface area (Å²) in [6.45, 7) is 7.92. The molecule has 4 rings (SSSR count). The highest BCUT2D eigenvalue weighted by atomic mass is 19.1. The molecule has 0 aliphatic carbocycles. The molecule has 0 unspecified atom stereocenters. The van der Waals surface area contributed by atoms with Crippen molar-refractivity contribution in [2.45, 2.75) is 26.8 Å². The average Bonchev–Trinajstić information content (AvgIpc) is 3.20. The minimum atomic E-state index is -0.458. The Labute approximate surface area is 183 Å². The summed E-state index contributed by atoms with van der Waals surface area (Å²) in [7, 11) is 0. The summed E-state index contributed by atoms with van der Waals surface area (Å²) < 4.78 is 16.4. The van der Waals surface area contributed by atoms with Crippen molar-refractivity contribution in [3.8, 4) is 11.4 Å². The van der Waals surface area contributed by atoms with Crippen molar-refractivity contribution in [1.82, 2.24) is 19.2 Å². The molecular formula is C24H22FN5O2. The molecule has 0 aliphatic rings. The van der Waals surface area contributed by atoms with Gasteiger partial charge in [-0.1, -0.05) is 42.0 Å². The molecule has 0 bridgehead atoms. The molecule has 0 aliphatic heterocycles. The second kappa shape index (κ2) is 8.58. The van der Waals surface area contributed by atoms with Crippen molar-refractivity contribution in [2.75, 3.05) is 5.32 Å². The Hall–Kier alpha value is -4.07. The molecule has 1 N–H and O–H groups in total. The molecule has 7 nitrogen and oxygen atoms in total. The second-order valence-electron chi connectivity index (χ2n) is 7.52. The van der Waals surface area contributed by atoms with E-state index >= 15 is 0 Å². The Bertz CT molecular complexity index is 1390. The van der Waals surface area contributed by atoms with E-state index in [1.165, 1.54) is 22.7 Å². The van der Waals surface area contributed by atoms with Gasteiger partial charge in [0.2, 0.25) is 11.7 Å². The van der Waals surface area contributed by atoms with Gasteiger partial charge in [0.05, 0.1) is 6.42 Å². The van der Waals surface area contributed by atoms with E-state index in [2.05, 4.69) is 22.0 Å². The molecular weight excluding hydrogens is 409 g/mol. The highest BCUT2D eigenvalue weighted by Gasteiger charge is 2.20. The van der Waals surface area contributed by atoms with Crippen molar-refractivity contribution >= 4 is 17.4 Å². The van der Waals surface area contributed by atoms with Gasteiger partial charge in [-0.15, -0.1) is 11.7 Å². The lowest BCUT2D eigenvalue weighted by Gasteiger charge is -2.14. The van der Waals surface area contributed by atoms with Crippen molar-refractivity contribution in [3.63, 3.8) is 0 Å². The molecule has 0 fully saturated rings. The van der Waals surface area contributed by atoms with Crippen LogP contribution in [0.5, 0.6) is 0 Å². The Morgan fingerprint density at radius 1 is 1.19 bits per heavy atom. The minimum Gasteiger partial charge on any atom is -0.326 e. The van der Waals surface area contributed by atoms with E-state index in [0.717, 1.165) is 11.1 Å². The number of nitrogens with zero attached hydrogens (tertiary/aromatic N) is 4. The third-order valence-electron chi connectivity index (χ3n) is 5.19. The maximum absolute atomic E-state index is 13.4. The van der Waals surface area contributed by atoms with Gasteiger partial charge in [0.15, 0.2) is 5.82 Å². The largest absolute Gasteiger partial charge is 0.326 e. The number of aromatic nitrogens is 4. The number of carbonyl (C=O) groups is 1. The lowest BCUT2D eigenvalue weighted by molar-refractivity contribution is -0.115. The van der Waals surface area contributed by atoms with Gasteiger partial charge in [0.1, 0.15) is 5.82 Å². The molecule has 32 heavy (non-hydrogen) atoms. The molecule has 2 aromatic carbocycles. The highest BCUT2D eigenvalue weighted by molar-refractivity contribution is 5.92. The molecule has 1 amide bonds. The molecule has 0 atom stereocenters. The van der Waals surface area contributed by atoms with Crippen molar-refractivity contribution in [1.29, 1.82) is 0 Å². The highest BCUT2D eigenvalue weighted by Crippen LogP contribution is 2.18. The van der Waals surface area contributed by atoms with E-state index in [9.17, 15) is 14.0 Å². The van der Waals surface area contributed by atoms with Gasteiger partial charge in [0, 0.05) is 29.1 Å². The van der Waals surface area contributed by atoms with Gasteiger partial charge in [-0.3, -0.25) is 9.59 Å². The standard InChI is InChI=1S/C24H22FN5O2/c1-4-12-29-16(3)20(14-21(31)26-19-7-5-6-18(25)13-19)23(32)30-24(29)27-22(28-30)17-10-8-15(2)9-11-17/h4-11,13H,1,12,14H2,2-3H3,(H,26,31). The van der Waals surface area contributed by atoms with E-state index in [-0.39, 0.29) is 12.0 Å². The van der Waals surface area contributed by atoms with Crippen LogP contribution >= 0.6 is 0 Å². The summed E-state index contributed by atoms with van der Waals surface area (Å²) in [5.41, 5.74) is 2.67. The Balaban J connectivity index is 1.77. The minimum absolute atomic E-state index is 0.187. The summed E-state index contributed by atoms with van der Waals surface area (Å²) in [5, 5.41) is 7.05. The number of allylic oxidation sites excluding steroid dienone is 1. The maximum Gasteiger partial charge on any atom is 0.279 e. The summed E-state index contributed by atoms with van der Waals surface area (Å²) in [5.74, 6) is -0.0999. The number of hydrogen-bond acceptors (Lipinski definition) is 4. The number of rotatable bonds is 6. The van der Waals surface area contributed by atoms with Crippen molar-refractivity contribution in [3.05, 3.63) is 94.2 Å². The smallest absolute Gasteiger partial charge is 0.279 e. The number of fused-ring (bicyclic) bond motifs is 1. The van der Waals surface area contributed by atoms with Crippen molar-refractivity contribution < 1.29 is 9.18 Å². The van der Waals surface area contributed by atoms with Crippen LogP contribution in [0.4, 0.5) is 10.1 Å². The van der Waals surface area contributed by atoms with Crippen LogP contribution in [0, 0.1) is 19.7 Å². The number of hydrogen-bond donors (Lipinski definition) is 1. The number of aryl methyl sites for hydroxylation is 1. The van der Waals surface area contributed by atoms with E-state index in [1.54, 1.807) is 23.6 Å². The van der Waals surface area contributed by atoms with E-state index in [1.807, 2.05) is 31.2 Å². The molecule has 2 heterocycles. The third-order valence-corrected chi connectivity index (χ3v) is 5.19. The van der Waals surface area contributed by atoms with Crippen LogP contribution < -0.4 is 10.9 Å². The van der Waals surface area contributed by atoms with Crippen LogP contribution in [0.25, 0.3) is 17.2 Å². The first kappa shape index (κ1) is 21.2. The first-order chi connectivity index (χ1) is 15.4. The summed E-state index contributed by atoms with van der Waals surface area (Å²) >= 11 is 0. The normalized spacial score (nSPS) is 11.0. The Morgan fingerprint density at radius 3 is 2.62 bits per heavy atom. The van der Waals surface area contributed by atoms with E-state index in [0.29, 0.717) is 29.5 Å². The van der Waals surface area contributed by atoms with Crippen molar-refractivity contribution in [2.24, 2.45) is 0 Å². The zero-order valence-electron chi connectivity index (χ0n) is 17.8. The van der Waals surface area contributed by atoms with Gasteiger partial charge >= 0.3 is 0 Å². The van der Waals surface area contributed by atoms with E-state index < -0.39 is 17.3 Å². The zero-order chi connectivity index (χ0) is 22.8. The molecule has 0 spiro atoms. The number of halogens is 1. The van der Waals surface area contributed by atoms with Gasteiger partial charge in [-0.05, 0) is 32.0 Å². The molecule has 162 valence electrons. The Kier molecular flexibility index (Phi) is 5.68. The maximum atomic E-state index is 13.4. The molecule has 4 aromatic rings.